The second-order valence-electron chi connectivity index (χ2n) is 6.62. The van der Waals surface area contributed by atoms with Crippen molar-refractivity contribution in [3.63, 3.8) is 0 Å². The normalized spacial score (nSPS) is 16.5. The van der Waals surface area contributed by atoms with Crippen molar-refractivity contribution in [1.29, 1.82) is 0 Å². The summed E-state index contributed by atoms with van der Waals surface area (Å²) in [7, 11) is 0. The Labute approximate surface area is 154 Å². The zero-order valence-corrected chi connectivity index (χ0v) is 15.2. The van der Waals surface area contributed by atoms with Crippen molar-refractivity contribution in [1.82, 2.24) is 0 Å². The van der Waals surface area contributed by atoms with Crippen LogP contribution in [0.1, 0.15) is 37.0 Å². The van der Waals surface area contributed by atoms with Gasteiger partial charge in [0.2, 0.25) is 0 Å². The topological polar surface area (TPSA) is 56.8 Å². The Kier molecular flexibility index (Phi) is 6.12. The molecule has 0 bridgehead atoms. The molecule has 2 aromatic carbocycles. The van der Waals surface area contributed by atoms with Gasteiger partial charge >= 0.3 is 0 Å². The van der Waals surface area contributed by atoms with E-state index in [9.17, 15) is 4.79 Å². The number of rotatable bonds is 7. The van der Waals surface area contributed by atoms with Crippen LogP contribution < -0.4 is 14.8 Å². The van der Waals surface area contributed by atoms with Gasteiger partial charge in [0.25, 0.3) is 5.91 Å². The summed E-state index contributed by atoms with van der Waals surface area (Å²) in [6, 6.07) is 14.5. The summed E-state index contributed by atoms with van der Waals surface area (Å²) >= 11 is 0. The highest BCUT2D eigenvalue weighted by molar-refractivity contribution is 6.04. The number of anilines is 1. The fraction of sp³-hybridized carbons (Fsp3) is 0.381. The minimum absolute atomic E-state index is 0.0653. The third-order valence-electron chi connectivity index (χ3n) is 4.04. The lowest BCUT2D eigenvalue weighted by molar-refractivity contribution is 0.0679. The number of amides is 1. The number of carbonyl (C=O) groups excluding carboxylic acids is 1. The standard InChI is InChI=1S/C21H25NO4/c1-15(2)26-19-6-3-5-16(13-19)21(23)22-17-8-10-18(11-9-17)25-14-20-7-4-12-24-20/h3,5-6,8-11,13,15,20H,4,7,12,14H2,1-2H3,(H,22,23)/t20-/m1/s1. The van der Waals surface area contributed by atoms with E-state index in [0.29, 0.717) is 17.9 Å². The van der Waals surface area contributed by atoms with E-state index in [0.717, 1.165) is 30.9 Å². The van der Waals surface area contributed by atoms with Gasteiger partial charge < -0.3 is 19.5 Å². The van der Waals surface area contributed by atoms with E-state index in [1.165, 1.54) is 0 Å². The van der Waals surface area contributed by atoms with Crippen molar-refractivity contribution in [3.8, 4) is 11.5 Å². The first-order valence-electron chi connectivity index (χ1n) is 9.03. The van der Waals surface area contributed by atoms with E-state index >= 15 is 0 Å². The Hall–Kier alpha value is -2.53. The van der Waals surface area contributed by atoms with Crippen LogP contribution in [-0.2, 0) is 4.74 Å². The van der Waals surface area contributed by atoms with Gasteiger partial charge in [0.1, 0.15) is 18.1 Å². The minimum atomic E-state index is -0.174. The highest BCUT2D eigenvalue weighted by Gasteiger charge is 2.16. The second-order valence-corrected chi connectivity index (χ2v) is 6.62. The molecule has 1 aliphatic rings. The maximum atomic E-state index is 12.4. The van der Waals surface area contributed by atoms with Crippen LogP contribution in [0.15, 0.2) is 48.5 Å². The fourth-order valence-corrected chi connectivity index (χ4v) is 2.79. The third kappa shape index (κ3) is 5.23. The van der Waals surface area contributed by atoms with Crippen molar-refractivity contribution in [2.24, 2.45) is 0 Å². The molecule has 1 aliphatic heterocycles. The number of hydrogen-bond acceptors (Lipinski definition) is 4. The lowest BCUT2D eigenvalue weighted by Gasteiger charge is -2.12. The Bertz CT molecular complexity index is 721. The molecule has 138 valence electrons. The molecule has 5 nitrogen and oxygen atoms in total. The zero-order valence-electron chi connectivity index (χ0n) is 15.2. The summed E-state index contributed by atoms with van der Waals surface area (Å²) in [5.74, 6) is 1.28. The van der Waals surface area contributed by atoms with Crippen LogP contribution in [0, 0.1) is 0 Å². The molecule has 3 rings (SSSR count). The first kappa shape index (κ1) is 18.3. The largest absolute Gasteiger partial charge is 0.491 e. The van der Waals surface area contributed by atoms with Crippen LogP contribution >= 0.6 is 0 Å². The van der Waals surface area contributed by atoms with E-state index in [-0.39, 0.29) is 18.1 Å². The van der Waals surface area contributed by atoms with Gasteiger partial charge in [0.15, 0.2) is 0 Å². The summed E-state index contributed by atoms with van der Waals surface area (Å²) < 4.78 is 16.9. The van der Waals surface area contributed by atoms with E-state index in [1.54, 1.807) is 12.1 Å². The molecule has 1 heterocycles. The van der Waals surface area contributed by atoms with Crippen LogP contribution in [0.2, 0.25) is 0 Å². The van der Waals surface area contributed by atoms with Gasteiger partial charge in [-0.3, -0.25) is 4.79 Å². The molecule has 0 unspecified atom stereocenters. The molecule has 0 spiro atoms. The molecule has 1 amide bonds. The second kappa shape index (κ2) is 8.72. The number of hydrogen-bond donors (Lipinski definition) is 1. The lowest BCUT2D eigenvalue weighted by Crippen LogP contribution is -2.16. The molecule has 1 saturated heterocycles. The first-order chi connectivity index (χ1) is 12.6. The molecule has 2 aromatic rings. The lowest BCUT2D eigenvalue weighted by atomic mass is 10.2. The van der Waals surface area contributed by atoms with Gasteiger partial charge in [0.05, 0.1) is 12.2 Å². The fourth-order valence-electron chi connectivity index (χ4n) is 2.79. The van der Waals surface area contributed by atoms with Crippen molar-refractivity contribution in [3.05, 3.63) is 54.1 Å². The average Bonchev–Trinajstić information content (AvgIpc) is 3.14. The van der Waals surface area contributed by atoms with Crippen molar-refractivity contribution in [2.45, 2.75) is 38.9 Å². The maximum Gasteiger partial charge on any atom is 0.255 e. The highest BCUT2D eigenvalue weighted by atomic mass is 16.5. The van der Waals surface area contributed by atoms with E-state index < -0.39 is 0 Å². The first-order valence-corrected chi connectivity index (χ1v) is 9.03. The van der Waals surface area contributed by atoms with Gasteiger partial charge in [0, 0.05) is 17.9 Å². The van der Waals surface area contributed by atoms with Gasteiger partial charge in [-0.1, -0.05) is 6.07 Å². The molecule has 0 saturated carbocycles. The highest BCUT2D eigenvalue weighted by Crippen LogP contribution is 2.20. The Balaban J connectivity index is 1.55. The van der Waals surface area contributed by atoms with Gasteiger partial charge in [-0.15, -0.1) is 0 Å². The number of benzene rings is 2. The van der Waals surface area contributed by atoms with E-state index in [2.05, 4.69) is 5.32 Å². The molecule has 1 fully saturated rings. The van der Waals surface area contributed by atoms with Crippen LogP contribution in [0.3, 0.4) is 0 Å². The summed E-state index contributed by atoms with van der Waals surface area (Å²) in [5, 5.41) is 2.89. The molecule has 5 heteroatoms. The monoisotopic (exact) mass is 355 g/mol. The van der Waals surface area contributed by atoms with Crippen LogP contribution in [0.4, 0.5) is 5.69 Å². The molecular formula is C21H25NO4. The van der Waals surface area contributed by atoms with Crippen molar-refractivity contribution < 1.29 is 19.0 Å². The van der Waals surface area contributed by atoms with Crippen LogP contribution in [-0.4, -0.2) is 31.3 Å². The summed E-state index contributed by atoms with van der Waals surface area (Å²) in [5.41, 5.74) is 1.27. The summed E-state index contributed by atoms with van der Waals surface area (Å²) in [6.07, 6.45) is 2.40. The van der Waals surface area contributed by atoms with E-state index in [1.807, 2.05) is 50.2 Å². The number of ether oxygens (including phenoxy) is 3. The SMILES string of the molecule is CC(C)Oc1cccc(C(=O)Nc2ccc(OC[C@H]3CCCO3)cc2)c1. The zero-order chi connectivity index (χ0) is 18.4. The molecular weight excluding hydrogens is 330 g/mol. The Morgan fingerprint density at radius 1 is 1.19 bits per heavy atom. The van der Waals surface area contributed by atoms with Crippen LogP contribution in [0.5, 0.6) is 11.5 Å². The van der Waals surface area contributed by atoms with Gasteiger partial charge in [-0.25, -0.2) is 0 Å². The average molecular weight is 355 g/mol. The Morgan fingerprint density at radius 2 is 2.00 bits per heavy atom. The quantitative estimate of drug-likeness (QED) is 0.805. The molecule has 26 heavy (non-hydrogen) atoms. The van der Waals surface area contributed by atoms with Gasteiger partial charge in [-0.2, -0.15) is 0 Å². The Morgan fingerprint density at radius 3 is 2.69 bits per heavy atom. The predicted octanol–water partition coefficient (Wildman–Crippen LogP) is 4.28. The molecule has 0 aromatic heterocycles. The molecule has 0 radical (unpaired) electrons. The van der Waals surface area contributed by atoms with Gasteiger partial charge in [-0.05, 0) is 69.2 Å². The minimum Gasteiger partial charge on any atom is -0.491 e. The third-order valence-corrected chi connectivity index (χ3v) is 4.04. The smallest absolute Gasteiger partial charge is 0.255 e. The van der Waals surface area contributed by atoms with Crippen molar-refractivity contribution in [2.75, 3.05) is 18.5 Å². The van der Waals surface area contributed by atoms with Crippen LogP contribution in [0.25, 0.3) is 0 Å². The number of carbonyl (C=O) groups is 1. The molecule has 0 aliphatic carbocycles. The van der Waals surface area contributed by atoms with Crippen molar-refractivity contribution >= 4 is 11.6 Å². The summed E-state index contributed by atoms with van der Waals surface area (Å²) in [6.45, 7) is 5.29. The molecule has 1 atom stereocenters. The number of nitrogens with one attached hydrogen (secondary N) is 1. The maximum absolute atomic E-state index is 12.4. The predicted molar refractivity (Wildman–Crippen MR) is 101 cm³/mol. The summed E-state index contributed by atoms with van der Waals surface area (Å²) in [4.78, 5) is 12.4. The van der Waals surface area contributed by atoms with E-state index in [4.69, 9.17) is 14.2 Å². The molecule has 1 N–H and O–H groups in total.